The largest absolute Gasteiger partial charge is 0.491 e. The fraction of sp³-hybridized carbons (Fsp3) is 0.222. The van der Waals surface area contributed by atoms with E-state index in [1.165, 1.54) is 0 Å². The molecule has 68 valence electrons. The molecule has 0 unspecified atom stereocenters. The molecule has 0 radical (unpaired) electrons. The SMILES string of the molecule is OCCOc1ccn2nccc2c1. The van der Waals surface area contributed by atoms with Crippen LogP contribution < -0.4 is 4.74 Å². The monoisotopic (exact) mass is 178 g/mol. The van der Waals surface area contributed by atoms with Crippen LogP contribution >= 0.6 is 0 Å². The molecular formula is C9H10N2O2. The Bertz CT molecular complexity index is 397. The van der Waals surface area contributed by atoms with Crippen LogP contribution in [0.5, 0.6) is 5.75 Å². The number of pyridine rings is 1. The van der Waals surface area contributed by atoms with Gasteiger partial charge in [0.15, 0.2) is 0 Å². The van der Waals surface area contributed by atoms with E-state index in [-0.39, 0.29) is 6.61 Å². The molecule has 4 heteroatoms. The number of hydrogen-bond acceptors (Lipinski definition) is 3. The lowest BCUT2D eigenvalue weighted by atomic mass is 10.4. The summed E-state index contributed by atoms with van der Waals surface area (Å²) in [5, 5.41) is 12.6. The van der Waals surface area contributed by atoms with Gasteiger partial charge in [0.05, 0.1) is 12.1 Å². The highest BCUT2D eigenvalue weighted by Gasteiger charge is 1.96. The summed E-state index contributed by atoms with van der Waals surface area (Å²) in [6, 6.07) is 5.59. The van der Waals surface area contributed by atoms with Crippen LogP contribution in [0.15, 0.2) is 30.6 Å². The number of rotatable bonds is 3. The van der Waals surface area contributed by atoms with Crippen LogP contribution in [-0.4, -0.2) is 27.9 Å². The molecule has 0 atom stereocenters. The molecule has 0 saturated heterocycles. The molecule has 13 heavy (non-hydrogen) atoms. The van der Waals surface area contributed by atoms with E-state index in [1.807, 2.05) is 24.4 Å². The van der Waals surface area contributed by atoms with Crippen LogP contribution in [0.2, 0.25) is 0 Å². The lowest BCUT2D eigenvalue weighted by Gasteiger charge is -2.03. The standard InChI is InChI=1S/C9H10N2O2/c12-5-6-13-9-2-4-11-8(7-9)1-3-10-11/h1-4,7,12H,5-6H2. The fourth-order valence-corrected chi connectivity index (χ4v) is 1.15. The van der Waals surface area contributed by atoms with Crippen molar-refractivity contribution in [3.05, 3.63) is 30.6 Å². The summed E-state index contributed by atoms with van der Waals surface area (Å²) in [6.07, 6.45) is 3.55. The van der Waals surface area contributed by atoms with Crippen molar-refractivity contribution in [3.63, 3.8) is 0 Å². The number of aliphatic hydroxyl groups is 1. The number of aromatic nitrogens is 2. The average Bonchev–Trinajstić information content (AvgIpc) is 2.61. The van der Waals surface area contributed by atoms with Crippen LogP contribution in [-0.2, 0) is 0 Å². The zero-order valence-corrected chi connectivity index (χ0v) is 7.05. The van der Waals surface area contributed by atoms with Crippen LogP contribution in [0, 0.1) is 0 Å². The molecule has 0 aliphatic carbocycles. The first-order valence-corrected chi connectivity index (χ1v) is 4.07. The van der Waals surface area contributed by atoms with Crippen molar-refractivity contribution in [1.82, 2.24) is 9.61 Å². The minimum absolute atomic E-state index is 0.0322. The summed E-state index contributed by atoms with van der Waals surface area (Å²) in [4.78, 5) is 0. The van der Waals surface area contributed by atoms with E-state index in [2.05, 4.69) is 5.10 Å². The van der Waals surface area contributed by atoms with Gasteiger partial charge in [0.25, 0.3) is 0 Å². The lowest BCUT2D eigenvalue weighted by Crippen LogP contribution is -2.01. The normalized spacial score (nSPS) is 10.5. The van der Waals surface area contributed by atoms with Crippen LogP contribution in [0.3, 0.4) is 0 Å². The highest BCUT2D eigenvalue weighted by molar-refractivity contribution is 5.49. The molecule has 0 aliphatic rings. The Kier molecular flexibility index (Phi) is 2.14. The van der Waals surface area contributed by atoms with Crippen LogP contribution in [0.1, 0.15) is 0 Å². The van der Waals surface area contributed by atoms with Gasteiger partial charge in [0.2, 0.25) is 0 Å². The summed E-state index contributed by atoms with van der Waals surface area (Å²) < 4.78 is 7.00. The zero-order valence-electron chi connectivity index (χ0n) is 7.05. The Hall–Kier alpha value is -1.55. The molecule has 2 rings (SSSR count). The molecule has 2 aromatic rings. The van der Waals surface area contributed by atoms with Gasteiger partial charge in [0, 0.05) is 18.5 Å². The smallest absolute Gasteiger partial charge is 0.123 e. The second-order valence-electron chi connectivity index (χ2n) is 2.64. The van der Waals surface area contributed by atoms with Crippen LogP contribution in [0.25, 0.3) is 5.52 Å². The highest BCUT2D eigenvalue weighted by atomic mass is 16.5. The minimum Gasteiger partial charge on any atom is -0.491 e. The molecule has 1 N–H and O–H groups in total. The van der Waals surface area contributed by atoms with Crippen molar-refractivity contribution in [2.24, 2.45) is 0 Å². The van der Waals surface area contributed by atoms with Crippen LogP contribution in [0.4, 0.5) is 0 Å². The van der Waals surface area contributed by atoms with Gasteiger partial charge >= 0.3 is 0 Å². The molecule has 2 heterocycles. The highest BCUT2D eigenvalue weighted by Crippen LogP contribution is 2.13. The predicted molar refractivity (Wildman–Crippen MR) is 47.8 cm³/mol. The molecule has 0 saturated carbocycles. The van der Waals surface area contributed by atoms with Gasteiger partial charge in [-0.2, -0.15) is 5.10 Å². The molecule has 0 bridgehead atoms. The fourth-order valence-electron chi connectivity index (χ4n) is 1.15. The first kappa shape index (κ1) is 8.07. The predicted octanol–water partition coefficient (Wildman–Crippen LogP) is 0.705. The van der Waals surface area contributed by atoms with E-state index in [0.29, 0.717) is 6.61 Å². The van der Waals surface area contributed by atoms with E-state index in [9.17, 15) is 0 Å². The number of nitrogens with zero attached hydrogens (tertiary/aromatic N) is 2. The van der Waals surface area contributed by atoms with E-state index in [1.54, 1.807) is 10.7 Å². The van der Waals surface area contributed by atoms with Crippen molar-refractivity contribution >= 4 is 5.52 Å². The van der Waals surface area contributed by atoms with Gasteiger partial charge in [-0.25, -0.2) is 4.52 Å². The first-order chi connectivity index (χ1) is 6.40. The summed E-state index contributed by atoms with van der Waals surface area (Å²) in [5.41, 5.74) is 0.982. The van der Waals surface area contributed by atoms with Gasteiger partial charge in [-0.05, 0) is 12.1 Å². The van der Waals surface area contributed by atoms with Crippen molar-refractivity contribution in [2.45, 2.75) is 0 Å². The minimum atomic E-state index is 0.0322. The van der Waals surface area contributed by atoms with Gasteiger partial charge in [0.1, 0.15) is 12.4 Å². The van der Waals surface area contributed by atoms with Crippen molar-refractivity contribution < 1.29 is 9.84 Å². The van der Waals surface area contributed by atoms with Crippen molar-refractivity contribution in [2.75, 3.05) is 13.2 Å². The summed E-state index contributed by atoms with van der Waals surface area (Å²) >= 11 is 0. The second-order valence-corrected chi connectivity index (χ2v) is 2.64. The maximum absolute atomic E-state index is 8.56. The third-order valence-corrected chi connectivity index (χ3v) is 1.73. The van der Waals surface area contributed by atoms with Crippen molar-refractivity contribution in [3.8, 4) is 5.75 Å². The van der Waals surface area contributed by atoms with E-state index < -0.39 is 0 Å². The van der Waals surface area contributed by atoms with Gasteiger partial charge in [-0.3, -0.25) is 0 Å². The summed E-state index contributed by atoms with van der Waals surface area (Å²) in [6.45, 7) is 0.356. The van der Waals surface area contributed by atoms with Gasteiger partial charge in [-0.1, -0.05) is 0 Å². The Morgan fingerprint density at radius 3 is 3.23 bits per heavy atom. The van der Waals surface area contributed by atoms with Gasteiger partial charge < -0.3 is 9.84 Å². The Balaban J connectivity index is 2.26. The third-order valence-electron chi connectivity index (χ3n) is 1.73. The molecule has 0 aromatic carbocycles. The van der Waals surface area contributed by atoms with E-state index in [0.717, 1.165) is 11.3 Å². The lowest BCUT2D eigenvalue weighted by molar-refractivity contribution is 0.201. The van der Waals surface area contributed by atoms with E-state index >= 15 is 0 Å². The number of fused-ring (bicyclic) bond motifs is 1. The number of ether oxygens (including phenoxy) is 1. The van der Waals surface area contributed by atoms with Gasteiger partial charge in [-0.15, -0.1) is 0 Å². The summed E-state index contributed by atoms with van der Waals surface area (Å²) in [7, 11) is 0. The topological polar surface area (TPSA) is 46.8 Å². The van der Waals surface area contributed by atoms with E-state index in [4.69, 9.17) is 9.84 Å². The molecular weight excluding hydrogens is 168 g/mol. The quantitative estimate of drug-likeness (QED) is 0.752. The molecule has 0 spiro atoms. The molecule has 4 nitrogen and oxygen atoms in total. The first-order valence-electron chi connectivity index (χ1n) is 4.07. The maximum Gasteiger partial charge on any atom is 0.123 e. The number of aliphatic hydroxyl groups excluding tert-OH is 1. The third kappa shape index (κ3) is 1.62. The maximum atomic E-state index is 8.56. The average molecular weight is 178 g/mol. The Morgan fingerprint density at radius 2 is 2.38 bits per heavy atom. The summed E-state index contributed by atoms with van der Waals surface area (Å²) in [5.74, 6) is 0.752. The zero-order chi connectivity index (χ0) is 9.10. The molecule has 0 amide bonds. The molecule has 2 aromatic heterocycles. The van der Waals surface area contributed by atoms with Crippen molar-refractivity contribution in [1.29, 1.82) is 0 Å². The Morgan fingerprint density at radius 1 is 1.46 bits per heavy atom. The molecule has 0 aliphatic heterocycles. The molecule has 0 fully saturated rings. The second kappa shape index (κ2) is 3.45. The number of hydrogen-bond donors (Lipinski definition) is 1. The Labute approximate surface area is 75.4 Å².